The molecule has 230 valence electrons. The average molecular weight is 595 g/mol. The van der Waals surface area contributed by atoms with Crippen molar-refractivity contribution in [1.29, 1.82) is 0 Å². The molecule has 2 aliphatic rings. The summed E-state index contributed by atoms with van der Waals surface area (Å²) in [5, 5.41) is 11.3. The van der Waals surface area contributed by atoms with Gasteiger partial charge in [0.25, 0.3) is 5.91 Å². The number of rotatable bonds is 9. The number of ether oxygens (including phenoxy) is 1. The van der Waals surface area contributed by atoms with Crippen molar-refractivity contribution in [3.8, 4) is 17.1 Å². The molecule has 2 aromatic carbocycles. The van der Waals surface area contributed by atoms with E-state index in [0.717, 1.165) is 95.2 Å². The second-order valence-corrected chi connectivity index (χ2v) is 11.8. The molecule has 1 aliphatic carbocycles. The fourth-order valence-electron chi connectivity index (χ4n) is 6.47. The van der Waals surface area contributed by atoms with Crippen molar-refractivity contribution in [2.45, 2.75) is 52.0 Å². The van der Waals surface area contributed by atoms with Crippen molar-refractivity contribution in [2.75, 3.05) is 49.8 Å². The van der Waals surface area contributed by atoms with Crippen LogP contribution >= 0.6 is 0 Å². The van der Waals surface area contributed by atoms with Crippen molar-refractivity contribution < 1.29 is 9.53 Å². The van der Waals surface area contributed by atoms with Gasteiger partial charge in [0.1, 0.15) is 5.75 Å². The highest BCUT2D eigenvalue weighted by molar-refractivity contribution is 6.06. The quantitative estimate of drug-likeness (QED) is 0.271. The molecule has 1 atom stereocenters. The van der Waals surface area contributed by atoms with Gasteiger partial charge < -0.3 is 25.2 Å². The molecule has 0 bridgehead atoms. The molecule has 0 spiro atoms. The molecule has 2 aromatic heterocycles. The fraction of sp³-hybridized carbons (Fsp3) is 0.412. The third-order valence-corrected chi connectivity index (χ3v) is 9.02. The second-order valence-electron chi connectivity index (χ2n) is 11.8. The number of para-hydroxylation sites is 1. The lowest BCUT2D eigenvalue weighted by atomic mass is 9.93. The molecule has 6 rings (SSSR count). The SMILES string of the molecule is CCc1cccc(CC)c1NC(=O)c1nn(C)c2c1CCc1cnc(Nc3ccc(N4CC[C@H](N(C)C)C4)cc3OC)nc1-2. The van der Waals surface area contributed by atoms with Crippen molar-refractivity contribution in [2.24, 2.45) is 7.05 Å². The zero-order chi connectivity index (χ0) is 31.0. The lowest BCUT2D eigenvalue weighted by Gasteiger charge is -2.23. The number of methoxy groups -OCH3 is 1. The summed E-state index contributed by atoms with van der Waals surface area (Å²) in [6.45, 7) is 6.22. The highest BCUT2D eigenvalue weighted by Crippen LogP contribution is 2.37. The standard InChI is InChI=1S/C34H42N8O2/c1-7-21-10-9-11-22(8-2)29(21)37-33(43)31-26-14-12-23-19-35-34(38-30(23)32(26)41(5)39-31)36-27-15-13-24(18-28(27)44-6)42-17-16-25(20-42)40(3)4/h9-11,13,15,18-19,25H,7-8,12,14,16-17,20H2,1-6H3,(H,37,43)(H,35,36,38)/t25-/m0/s1. The van der Waals surface area contributed by atoms with Gasteiger partial charge in [0.05, 0.1) is 24.2 Å². The summed E-state index contributed by atoms with van der Waals surface area (Å²) in [5.41, 5.74) is 9.13. The zero-order valence-electron chi connectivity index (χ0n) is 26.6. The molecule has 0 unspecified atom stereocenters. The highest BCUT2D eigenvalue weighted by Gasteiger charge is 2.30. The molecule has 3 heterocycles. The molecule has 1 aliphatic heterocycles. The van der Waals surface area contributed by atoms with E-state index in [1.807, 2.05) is 19.3 Å². The van der Waals surface area contributed by atoms with Gasteiger partial charge in [-0.3, -0.25) is 9.48 Å². The molecule has 0 saturated carbocycles. The van der Waals surface area contributed by atoms with Crippen LogP contribution < -0.4 is 20.3 Å². The minimum atomic E-state index is -0.187. The maximum atomic E-state index is 13.6. The Labute approximate surface area is 259 Å². The number of nitrogens with one attached hydrogen (secondary N) is 2. The first-order valence-corrected chi connectivity index (χ1v) is 15.5. The maximum Gasteiger partial charge on any atom is 0.276 e. The molecule has 1 fully saturated rings. The van der Waals surface area contributed by atoms with Crippen LogP contribution in [-0.4, -0.2) is 70.9 Å². The predicted octanol–water partition coefficient (Wildman–Crippen LogP) is 5.25. The summed E-state index contributed by atoms with van der Waals surface area (Å²) in [4.78, 5) is 27.9. The third-order valence-electron chi connectivity index (χ3n) is 9.02. The molecule has 4 aromatic rings. The van der Waals surface area contributed by atoms with E-state index in [1.165, 1.54) is 0 Å². The first-order chi connectivity index (χ1) is 21.3. The number of likely N-dealkylation sites (N-methyl/N-ethyl adjacent to an activating group) is 1. The van der Waals surface area contributed by atoms with Gasteiger partial charge >= 0.3 is 0 Å². The Balaban J connectivity index is 1.26. The zero-order valence-corrected chi connectivity index (χ0v) is 26.6. The summed E-state index contributed by atoms with van der Waals surface area (Å²) in [5.74, 6) is 1.01. The van der Waals surface area contributed by atoms with Crippen molar-refractivity contribution in [3.05, 3.63) is 70.5 Å². The Hall–Kier alpha value is -4.44. The monoisotopic (exact) mass is 594 g/mol. The third kappa shape index (κ3) is 5.50. The molecule has 44 heavy (non-hydrogen) atoms. The largest absolute Gasteiger partial charge is 0.494 e. The van der Waals surface area contributed by atoms with Gasteiger partial charge in [-0.25, -0.2) is 9.97 Å². The first kappa shape index (κ1) is 29.6. The number of carbonyl (C=O) groups excluding carboxylic acids is 1. The van der Waals surface area contributed by atoms with E-state index < -0.39 is 0 Å². The van der Waals surface area contributed by atoms with Gasteiger partial charge in [-0.1, -0.05) is 32.0 Å². The lowest BCUT2D eigenvalue weighted by molar-refractivity contribution is 0.102. The van der Waals surface area contributed by atoms with E-state index in [4.69, 9.17) is 14.8 Å². The molecule has 0 radical (unpaired) electrons. The van der Waals surface area contributed by atoms with Gasteiger partial charge in [0.2, 0.25) is 5.95 Å². The van der Waals surface area contributed by atoms with Crippen LogP contribution in [0.2, 0.25) is 0 Å². The molecule has 1 saturated heterocycles. The Morgan fingerprint density at radius 2 is 1.89 bits per heavy atom. The molecule has 1 amide bonds. The molecular formula is C34H42N8O2. The summed E-state index contributed by atoms with van der Waals surface area (Å²) in [6.07, 6.45) is 6.13. The van der Waals surface area contributed by atoms with Crippen molar-refractivity contribution in [3.63, 3.8) is 0 Å². The number of hydrogen-bond donors (Lipinski definition) is 2. The normalized spacial score (nSPS) is 15.7. The van der Waals surface area contributed by atoms with Crippen LogP contribution in [-0.2, 0) is 32.7 Å². The van der Waals surface area contributed by atoms with Gasteiger partial charge in [-0.15, -0.1) is 0 Å². The molecule has 10 heteroatoms. The average Bonchev–Trinajstić information content (AvgIpc) is 3.67. The van der Waals surface area contributed by atoms with E-state index >= 15 is 0 Å². The number of carbonyl (C=O) groups is 1. The second kappa shape index (κ2) is 12.3. The van der Waals surface area contributed by atoms with Crippen LogP contribution in [0.5, 0.6) is 5.75 Å². The number of amides is 1. The number of benzene rings is 2. The van der Waals surface area contributed by atoms with Gasteiger partial charge in [0, 0.05) is 55.4 Å². The summed E-state index contributed by atoms with van der Waals surface area (Å²) in [7, 11) is 7.83. The smallest absolute Gasteiger partial charge is 0.276 e. The molecular weight excluding hydrogens is 552 g/mol. The van der Waals surface area contributed by atoms with Gasteiger partial charge in [-0.05, 0) is 75.0 Å². The van der Waals surface area contributed by atoms with E-state index in [0.29, 0.717) is 24.1 Å². The Bertz CT molecular complexity index is 1670. The fourth-order valence-corrected chi connectivity index (χ4v) is 6.47. The first-order valence-electron chi connectivity index (χ1n) is 15.5. The minimum absolute atomic E-state index is 0.187. The van der Waals surface area contributed by atoms with E-state index in [1.54, 1.807) is 11.8 Å². The van der Waals surface area contributed by atoms with Gasteiger partial charge in [0.15, 0.2) is 5.69 Å². The van der Waals surface area contributed by atoms with Crippen molar-refractivity contribution >= 4 is 28.9 Å². The van der Waals surface area contributed by atoms with E-state index in [9.17, 15) is 4.79 Å². The van der Waals surface area contributed by atoms with Crippen LogP contribution in [0.15, 0.2) is 42.6 Å². The minimum Gasteiger partial charge on any atom is -0.494 e. The van der Waals surface area contributed by atoms with Gasteiger partial charge in [-0.2, -0.15) is 5.10 Å². The number of anilines is 4. The van der Waals surface area contributed by atoms with Crippen LogP contribution in [0.1, 0.15) is 53.0 Å². The summed E-state index contributed by atoms with van der Waals surface area (Å²) >= 11 is 0. The predicted molar refractivity (Wildman–Crippen MR) is 175 cm³/mol. The maximum absolute atomic E-state index is 13.6. The van der Waals surface area contributed by atoms with E-state index in [2.05, 4.69) is 83.7 Å². The Kier molecular flexibility index (Phi) is 8.27. The number of nitrogens with zero attached hydrogens (tertiary/aromatic N) is 6. The summed E-state index contributed by atoms with van der Waals surface area (Å²) < 4.78 is 7.55. The lowest BCUT2D eigenvalue weighted by Crippen LogP contribution is -2.31. The van der Waals surface area contributed by atoms with Crippen molar-refractivity contribution in [1.82, 2.24) is 24.6 Å². The number of aryl methyl sites for hydroxylation is 4. The number of hydrogen-bond acceptors (Lipinski definition) is 8. The molecule has 2 N–H and O–H groups in total. The Morgan fingerprint density at radius 1 is 1.11 bits per heavy atom. The van der Waals surface area contributed by atoms with Crippen LogP contribution in [0.25, 0.3) is 11.4 Å². The number of fused-ring (bicyclic) bond motifs is 3. The van der Waals surface area contributed by atoms with Crippen LogP contribution in [0, 0.1) is 0 Å². The van der Waals surface area contributed by atoms with Crippen LogP contribution in [0.3, 0.4) is 0 Å². The topological polar surface area (TPSA) is 100 Å². The highest BCUT2D eigenvalue weighted by atomic mass is 16.5. The molecule has 10 nitrogen and oxygen atoms in total. The van der Waals surface area contributed by atoms with Crippen LogP contribution in [0.4, 0.5) is 23.0 Å². The summed E-state index contributed by atoms with van der Waals surface area (Å²) in [6, 6.07) is 13.0. The van der Waals surface area contributed by atoms with E-state index in [-0.39, 0.29) is 5.91 Å². The number of aromatic nitrogens is 4. The Morgan fingerprint density at radius 3 is 2.57 bits per heavy atom.